The molecule has 1 aromatic carbocycles. The van der Waals surface area contributed by atoms with E-state index in [4.69, 9.17) is 5.73 Å². The molecule has 1 atom stereocenters. The van der Waals surface area contributed by atoms with Crippen molar-refractivity contribution in [3.05, 3.63) is 60.1 Å². The van der Waals surface area contributed by atoms with Gasteiger partial charge in [-0.05, 0) is 42.1 Å². The Balaban J connectivity index is 1.65. The number of amides is 1. The summed E-state index contributed by atoms with van der Waals surface area (Å²) in [5, 5.41) is 4.06. The normalized spacial score (nSPS) is 12.6. The summed E-state index contributed by atoms with van der Waals surface area (Å²) >= 11 is 0. The number of nitrogens with two attached hydrogens (primary N) is 1. The molecule has 0 aliphatic heterocycles. The van der Waals surface area contributed by atoms with Gasteiger partial charge in [-0.2, -0.15) is 0 Å². The van der Waals surface area contributed by atoms with E-state index in [1.165, 1.54) is 6.08 Å². The van der Waals surface area contributed by atoms with Gasteiger partial charge in [0.2, 0.25) is 11.9 Å². The van der Waals surface area contributed by atoms with E-state index in [0.29, 0.717) is 0 Å². The molecule has 0 aliphatic carbocycles. The monoisotopic (exact) mass is 307 g/mol. The van der Waals surface area contributed by atoms with Crippen molar-refractivity contribution < 1.29 is 4.79 Å². The minimum absolute atomic E-state index is 0.0888. The lowest BCUT2D eigenvalue weighted by molar-refractivity contribution is -0.117. The van der Waals surface area contributed by atoms with Crippen molar-refractivity contribution in [3.63, 3.8) is 0 Å². The Hall–Kier alpha value is -3.15. The predicted octanol–water partition coefficient (Wildman–Crippen LogP) is 2.43. The van der Waals surface area contributed by atoms with E-state index in [9.17, 15) is 4.79 Å². The van der Waals surface area contributed by atoms with Crippen molar-refractivity contribution in [1.29, 1.82) is 0 Å². The average molecular weight is 307 g/mol. The Morgan fingerprint density at radius 1 is 1.30 bits per heavy atom. The topological polar surface area (TPSA) is 96.7 Å². The number of H-pyrrole nitrogens is 1. The summed E-state index contributed by atoms with van der Waals surface area (Å²) in [5.41, 5.74) is 8.26. The minimum atomic E-state index is -0.177. The van der Waals surface area contributed by atoms with Crippen LogP contribution in [0.3, 0.4) is 0 Å². The fourth-order valence-corrected chi connectivity index (χ4v) is 2.29. The van der Waals surface area contributed by atoms with E-state index in [0.717, 1.165) is 22.0 Å². The molecule has 0 aliphatic rings. The van der Waals surface area contributed by atoms with Crippen molar-refractivity contribution in [2.75, 3.05) is 5.73 Å². The maximum atomic E-state index is 12.0. The van der Waals surface area contributed by atoms with Crippen LogP contribution in [0.4, 0.5) is 5.95 Å². The van der Waals surface area contributed by atoms with Crippen molar-refractivity contribution >= 4 is 28.8 Å². The molecule has 23 heavy (non-hydrogen) atoms. The van der Waals surface area contributed by atoms with Gasteiger partial charge in [-0.15, -0.1) is 0 Å². The Morgan fingerprint density at radius 3 is 2.87 bits per heavy atom. The quantitative estimate of drug-likeness (QED) is 0.645. The summed E-state index contributed by atoms with van der Waals surface area (Å²) in [5.74, 6) is 0.0314. The lowest BCUT2D eigenvalue weighted by atomic mass is 10.1. The molecule has 3 aromatic rings. The van der Waals surface area contributed by atoms with Crippen LogP contribution >= 0.6 is 0 Å². The zero-order valence-corrected chi connectivity index (χ0v) is 12.7. The number of aromatic amines is 1. The molecule has 2 aromatic heterocycles. The molecule has 6 nitrogen and oxygen atoms in total. The highest BCUT2D eigenvalue weighted by Crippen LogP contribution is 2.19. The van der Waals surface area contributed by atoms with Gasteiger partial charge in [-0.25, -0.2) is 9.97 Å². The second-order valence-corrected chi connectivity index (χ2v) is 5.26. The molecule has 0 bridgehead atoms. The van der Waals surface area contributed by atoms with Gasteiger partial charge in [-0.1, -0.05) is 6.07 Å². The number of fused-ring (bicyclic) bond motifs is 1. The molecule has 0 fully saturated rings. The molecule has 1 unspecified atom stereocenters. The van der Waals surface area contributed by atoms with Gasteiger partial charge in [0.15, 0.2) is 0 Å². The van der Waals surface area contributed by atoms with E-state index in [1.54, 1.807) is 18.5 Å². The number of carbonyl (C=O) groups is 1. The molecule has 2 heterocycles. The maximum Gasteiger partial charge on any atom is 0.244 e. The molecule has 0 spiro atoms. The van der Waals surface area contributed by atoms with Crippen molar-refractivity contribution in [2.45, 2.75) is 13.0 Å². The van der Waals surface area contributed by atoms with Crippen LogP contribution in [-0.4, -0.2) is 20.9 Å². The Bertz CT molecular complexity index is 851. The van der Waals surface area contributed by atoms with Crippen LogP contribution in [-0.2, 0) is 4.79 Å². The first kappa shape index (κ1) is 14.8. The minimum Gasteiger partial charge on any atom is -0.368 e. The second kappa shape index (κ2) is 6.31. The maximum absolute atomic E-state index is 12.0. The number of nitrogens with one attached hydrogen (secondary N) is 2. The van der Waals surface area contributed by atoms with Gasteiger partial charge in [0, 0.05) is 35.7 Å². The standard InChI is InChI=1S/C17H17N5O/c1-11(13-3-4-15-14(8-13)6-7-19-15)22-16(23)5-2-12-9-20-17(18)21-10-12/h2-11,19H,1H3,(H,22,23)(H2,18,20,21)/b5-2+. The van der Waals surface area contributed by atoms with Crippen molar-refractivity contribution in [3.8, 4) is 0 Å². The number of hydrogen-bond donors (Lipinski definition) is 3. The number of carbonyl (C=O) groups excluding carboxylic acids is 1. The summed E-state index contributed by atoms with van der Waals surface area (Å²) in [6.45, 7) is 1.95. The highest BCUT2D eigenvalue weighted by molar-refractivity contribution is 5.92. The first-order valence-electron chi connectivity index (χ1n) is 7.25. The summed E-state index contributed by atoms with van der Waals surface area (Å²) in [6, 6.07) is 7.99. The smallest absolute Gasteiger partial charge is 0.244 e. The number of rotatable bonds is 4. The number of anilines is 1. The van der Waals surface area contributed by atoms with Crippen LogP contribution in [0.5, 0.6) is 0 Å². The molecule has 3 rings (SSSR count). The van der Waals surface area contributed by atoms with Crippen molar-refractivity contribution in [1.82, 2.24) is 20.3 Å². The van der Waals surface area contributed by atoms with Gasteiger partial charge in [0.05, 0.1) is 6.04 Å². The average Bonchev–Trinajstić information content (AvgIpc) is 3.02. The largest absolute Gasteiger partial charge is 0.368 e. The van der Waals surface area contributed by atoms with E-state index >= 15 is 0 Å². The summed E-state index contributed by atoms with van der Waals surface area (Å²) in [6.07, 6.45) is 8.14. The number of nitrogen functional groups attached to an aromatic ring is 1. The second-order valence-electron chi connectivity index (χ2n) is 5.26. The van der Waals surface area contributed by atoms with Crippen LogP contribution in [0.15, 0.2) is 48.9 Å². The van der Waals surface area contributed by atoms with Crippen molar-refractivity contribution in [2.24, 2.45) is 0 Å². The zero-order valence-electron chi connectivity index (χ0n) is 12.7. The molecular formula is C17H17N5O. The van der Waals surface area contributed by atoms with Crippen LogP contribution in [0.25, 0.3) is 17.0 Å². The summed E-state index contributed by atoms with van der Waals surface area (Å²) in [4.78, 5) is 22.9. The molecule has 6 heteroatoms. The third-order valence-electron chi connectivity index (χ3n) is 3.56. The van der Waals surface area contributed by atoms with Gasteiger partial charge < -0.3 is 16.0 Å². The fourth-order valence-electron chi connectivity index (χ4n) is 2.29. The molecule has 1 amide bonds. The van der Waals surface area contributed by atoms with Crippen LogP contribution in [0.2, 0.25) is 0 Å². The number of nitrogens with zero attached hydrogens (tertiary/aromatic N) is 2. The molecule has 0 radical (unpaired) electrons. The van der Waals surface area contributed by atoms with Crippen LogP contribution < -0.4 is 11.1 Å². The van der Waals surface area contributed by atoms with E-state index in [2.05, 4.69) is 26.3 Å². The molecule has 0 saturated carbocycles. The van der Waals surface area contributed by atoms with E-state index < -0.39 is 0 Å². The zero-order chi connectivity index (χ0) is 16.2. The SMILES string of the molecule is CC(NC(=O)/C=C/c1cnc(N)nc1)c1ccc2[nH]ccc2c1. The predicted molar refractivity (Wildman–Crippen MR) is 90.3 cm³/mol. The Kier molecular flexibility index (Phi) is 4.05. The van der Waals surface area contributed by atoms with Crippen LogP contribution in [0, 0.1) is 0 Å². The number of aromatic nitrogens is 3. The van der Waals surface area contributed by atoms with Gasteiger partial charge in [-0.3, -0.25) is 4.79 Å². The lowest BCUT2D eigenvalue weighted by Crippen LogP contribution is -2.24. The summed E-state index contributed by atoms with van der Waals surface area (Å²) in [7, 11) is 0. The molecule has 116 valence electrons. The first-order chi connectivity index (χ1) is 11.1. The molecular weight excluding hydrogens is 290 g/mol. The Labute approximate surface area is 133 Å². The third kappa shape index (κ3) is 3.55. The summed E-state index contributed by atoms with van der Waals surface area (Å²) < 4.78 is 0. The highest BCUT2D eigenvalue weighted by Gasteiger charge is 2.08. The Morgan fingerprint density at radius 2 is 2.09 bits per heavy atom. The fraction of sp³-hybridized carbons (Fsp3) is 0.118. The highest BCUT2D eigenvalue weighted by atomic mass is 16.1. The van der Waals surface area contributed by atoms with Crippen LogP contribution in [0.1, 0.15) is 24.1 Å². The molecule has 4 N–H and O–H groups in total. The number of hydrogen-bond acceptors (Lipinski definition) is 4. The van der Waals surface area contributed by atoms with Gasteiger partial charge in [0.1, 0.15) is 0 Å². The third-order valence-corrected chi connectivity index (χ3v) is 3.56. The number of benzene rings is 1. The first-order valence-corrected chi connectivity index (χ1v) is 7.25. The van der Waals surface area contributed by atoms with E-state index in [-0.39, 0.29) is 17.9 Å². The van der Waals surface area contributed by atoms with Gasteiger partial charge >= 0.3 is 0 Å². The lowest BCUT2D eigenvalue weighted by Gasteiger charge is -2.13. The van der Waals surface area contributed by atoms with E-state index in [1.807, 2.05) is 31.3 Å². The van der Waals surface area contributed by atoms with Gasteiger partial charge in [0.25, 0.3) is 0 Å². The molecule has 0 saturated heterocycles.